The molecule has 1 aliphatic carbocycles. The molecule has 1 fully saturated rings. The molecule has 1 unspecified atom stereocenters. The van der Waals surface area contributed by atoms with Crippen LogP contribution in [0.4, 0.5) is 5.69 Å². The Bertz CT molecular complexity index is 537. The zero-order valence-corrected chi connectivity index (χ0v) is 10.6. The van der Waals surface area contributed by atoms with Crippen molar-refractivity contribution in [3.63, 3.8) is 0 Å². The standard InChI is InChI=1S/C14H17N3O2/c15-7-12(8-1-2-8)17-14(19)9-3-4-11-10(5-9)6-13(18)16-11/h3-5,8,12H,1-2,6-7,15H2,(H,16,18)(H,17,19). The number of nitrogens with one attached hydrogen (secondary N) is 2. The van der Waals surface area contributed by atoms with Crippen LogP contribution >= 0.6 is 0 Å². The molecule has 1 saturated carbocycles. The minimum Gasteiger partial charge on any atom is -0.348 e. The van der Waals surface area contributed by atoms with Gasteiger partial charge in [-0.05, 0) is 42.5 Å². The highest BCUT2D eigenvalue weighted by Gasteiger charge is 2.31. The summed E-state index contributed by atoms with van der Waals surface area (Å²) >= 11 is 0. The Morgan fingerprint density at radius 2 is 2.26 bits per heavy atom. The first-order valence-corrected chi connectivity index (χ1v) is 6.61. The van der Waals surface area contributed by atoms with E-state index in [-0.39, 0.29) is 17.9 Å². The van der Waals surface area contributed by atoms with Crippen molar-refractivity contribution in [1.29, 1.82) is 0 Å². The maximum absolute atomic E-state index is 12.2. The van der Waals surface area contributed by atoms with Crippen molar-refractivity contribution >= 4 is 17.5 Å². The number of amides is 2. The van der Waals surface area contributed by atoms with Gasteiger partial charge in [0.2, 0.25) is 5.91 Å². The maximum atomic E-state index is 12.2. The molecule has 5 nitrogen and oxygen atoms in total. The fraction of sp³-hybridized carbons (Fsp3) is 0.429. The fourth-order valence-electron chi connectivity index (χ4n) is 2.49. The van der Waals surface area contributed by atoms with Gasteiger partial charge in [-0.15, -0.1) is 0 Å². The van der Waals surface area contributed by atoms with E-state index in [0.29, 0.717) is 24.4 Å². The van der Waals surface area contributed by atoms with Crippen LogP contribution in [0.1, 0.15) is 28.8 Å². The second-order valence-electron chi connectivity index (χ2n) is 5.25. The third-order valence-corrected chi connectivity index (χ3v) is 3.75. The zero-order chi connectivity index (χ0) is 13.4. The number of carbonyl (C=O) groups is 2. The number of carbonyl (C=O) groups excluding carboxylic acids is 2. The molecule has 0 saturated heterocycles. The third kappa shape index (κ3) is 2.46. The first-order chi connectivity index (χ1) is 9.17. The van der Waals surface area contributed by atoms with E-state index in [1.54, 1.807) is 18.2 Å². The molecule has 0 aromatic heterocycles. The Labute approximate surface area is 111 Å². The van der Waals surface area contributed by atoms with E-state index < -0.39 is 0 Å². The Balaban J connectivity index is 1.73. The molecule has 3 rings (SSSR count). The Hall–Kier alpha value is -1.88. The largest absolute Gasteiger partial charge is 0.348 e. The summed E-state index contributed by atoms with van der Waals surface area (Å²) in [6.45, 7) is 0.474. The van der Waals surface area contributed by atoms with Crippen LogP contribution in [-0.4, -0.2) is 24.4 Å². The van der Waals surface area contributed by atoms with Crippen molar-refractivity contribution < 1.29 is 9.59 Å². The van der Waals surface area contributed by atoms with Gasteiger partial charge in [0.25, 0.3) is 5.91 Å². The van der Waals surface area contributed by atoms with Gasteiger partial charge in [0.05, 0.1) is 6.42 Å². The molecule has 1 aliphatic heterocycles. The van der Waals surface area contributed by atoms with Crippen LogP contribution in [-0.2, 0) is 11.2 Å². The molecule has 1 atom stereocenters. The summed E-state index contributed by atoms with van der Waals surface area (Å²) in [6.07, 6.45) is 2.63. The normalized spacial score (nSPS) is 18.7. The highest BCUT2D eigenvalue weighted by molar-refractivity contribution is 6.01. The van der Waals surface area contributed by atoms with Crippen molar-refractivity contribution in [1.82, 2.24) is 5.32 Å². The summed E-state index contributed by atoms with van der Waals surface area (Å²) in [4.78, 5) is 23.4. The lowest BCUT2D eigenvalue weighted by Crippen LogP contribution is -2.41. The van der Waals surface area contributed by atoms with Gasteiger partial charge >= 0.3 is 0 Å². The molecule has 5 heteroatoms. The topological polar surface area (TPSA) is 84.2 Å². The summed E-state index contributed by atoms with van der Waals surface area (Å²) in [6, 6.07) is 5.37. The number of nitrogens with two attached hydrogens (primary N) is 1. The molecule has 1 heterocycles. The summed E-state index contributed by atoms with van der Waals surface area (Å²) in [7, 11) is 0. The number of hydrogen-bond donors (Lipinski definition) is 3. The van der Waals surface area contributed by atoms with Gasteiger partial charge in [0, 0.05) is 23.8 Å². The van der Waals surface area contributed by atoms with Gasteiger partial charge in [-0.2, -0.15) is 0 Å². The van der Waals surface area contributed by atoms with E-state index in [0.717, 1.165) is 24.1 Å². The van der Waals surface area contributed by atoms with Crippen molar-refractivity contribution in [2.45, 2.75) is 25.3 Å². The molecule has 19 heavy (non-hydrogen) atoms. The molecule has 0 bridgehead atoms. The van der Waals surface area contributed by atoms with Crippen LogP contribution in [0.5, 0.6) is 0 Å². The third-order valence-electron chi connectivity index (χ3n) is 3.75. The highest BCUT2D eigenvalue weighted by Crippen LogP contribution is 2.32. The lowest BCUT2D eigenvalue weighted by molar-refractivity contribution is -0.115. The molecule has 0 spiro atoms. The van der Waals surface area contributed by atoms with E-state index in [4.69, 9.17) is 5.73 Å². The molecule has 1 aromatic carbocycles. The maximum Gasteiger partial charge on any atom is 0.251 e. The van der Waals surface area contributed by atoms with Crippen LogP contribution in [0.25, 0.3) is 0 Å². The van der Waals surface area contributed by atoms with E-state index in [1.807, 2.05) is 0 Å². The lowest BCUT2D eigenvalue weighted by atomic mass is 10.1. The molecule has 0 radical (unpaired) electrons. The first-order valence-electron chi connectivity index (χ1n) is 6.61. The Morgan fingerprint density at radius 3 is 2.95 bits per heavy atom. The van der Waals surface area contributed by atoms with E-state index in [2.05, 4.69) is 10.6 Å². The summed E-state index contributed by atoms with van der Waals surface area (Å²) < 4.78 is 0. The van der Waals surface area contributed by atoms with Gasteiger partial charge in [-0.1, -0.05) is 0 Å². The van der Waals surface area contributed by atoms with E-state index in [9.17, 15) is 9.59 Å². The van der Waals surface area contributed by atoms with Crippen molar-refractivity contribution in [2.75, 3.05) is 11.9 Å². The van der Waals surface area contributed by atoms with Crippen molar-refractivity contribution in [3.8, 4) is 0 Å². The van der Waals surface area contributed by atoms with Gasteiger partial charge in [0.1, 0.15) is 0 Å². The van der Waals surface area contributed by atoms with Crippen LogP contribution < -0.4 is 16.4 Å². The average Bonchev–Trinajstić information content (AvgIpc) is 3.16. The predicted octanol–water partition coefficient (Wildman–Crippen LogP) is 0.648. The van der Waals surface area contributed by atoms with E-state index in [1.165, 1.54) is 0 Å². The van der Waals surface area contributed by atoms with Crippen LogP contribution in [0.3, 0.4) is 0 Å². The quantitative estimate of drug-likeness (QED) is 0.742. The monoisotopic (exact) mass is 259 g/mol. The lowest BCUT2D eigenvalue weighted by Gasteiger charge is -2.16. The molecular formula is C14H17N3O2. The fourth-order valence-corrected chi connectivity index (χ4v) is 2.49. The average molecular weight is 259 g/mol. The number of fused-ring (bicyclic) bond motifs is 1. The van der Waals surface area contributed by atoms with Gasteiger partial charge in [0.15, 0.2) is 0 Å². The molecule has 2 aliphatic rings. The second-order valence-corrected chi connectivity index (χ2v) is 5.25. The zero-order valence-electron chi connectivity index (χ0n) is 10.6. The van der Waals surface area contributed by atoms with Gasteiger partial charge in [-0.3, -0.25) is 9.59 Å². The molecule has 100 valence electrons. The molecule has 4 N–H and O–H groups in total. The predicted molar refractivity (Wildman–Crippen MR) is 71.8 cm³/mol. The molecule has 2 amide bonds. The molecular weight excluding hydrogens is 242 g/mol. The smallest absolute Gasteiger partial charge is 0.251 e. The second kappa shape index (κ2) is 4.66. The highest BCUT2D eigenvalue weighted by atomic mass is 16.2. The molecule has 1 aromatic rings. The number of rotatable bonds is 4. The van der Waals surface area contributed by atoms with Crippen LogP contribution in [0, 0.1) is 5.92 Å². The Kier molecular flexibility index (Phi) is 2.98. The van der Waals surface area contributed by atoms with Crippen LogP contribution in [0.2, 0.25) is 0 Å². The number of hydrogen-bond acceptors (Lipinski definition) is 3. The summed E-state index contributed by atoms with van der Waals surface area (Å²) in [5.41, 5.74) is 7.96. The van der Waals surface area contributed by atoms with Crippen LogP contribution in [0.15, 0.2) is 18.2 Å². The van der Waals surface area contributed by atoms with Crippen molar-refractivity contribution in [2.24, 2.45) is 11.7 Å². The summed E-state index contributed by atoms with van der Waals surface area (Å²) in [5.74, 6) is 0.404. The Morgan fingerprint density at radius 1 is 1.47 bits per heavy atom. The number of anilines is 1. The SMILES string of the molecule is NCC(NC(=O)c1ccc2c(c1)CC(=O)N2)C1CC1. The van der Waals surface area contributed by atoms with E-state index >= 15 is 0 Å². The number of benzene rings is 1. The van der Waals surface area contributed by atoms with Gasteiger partial charge in [-0.25, -0.2) is 0 Å². The summed E-state index contributed by atoms with van der Waals surface area (Å²) in [5, 5.41) is 5.73. The van der Waals surface area contributed by atoms with Gasteiger partial charge < -0.3 is 16.4 Å². The van der Waals surface area contributed by atoms with Crippen molar-refractivity contribution in [3.05, 3.63) is 29.3 Å². The minimum absolute atomic E-state index is 0.0228. The minimum atomic E-state index is -0.107. The first kappa shape index (κ1) is 12.2.